The van der Waals surface area contributed by atoms with E-state index < -0.39 is 6.36 Å². The number of nitrogens with zero attached hydrogens (tertiary/aromatic N) is 2. The van der Waals surface area contributed by atoms with Gasteiger partial charge in [0.2, 0.25) is 5.91 Å². The van der Waals surface area contributed by atoms with Crippen LogP contribution in [-0.4, -0.2) is 66.7 Å². The van der Waals surface area contributed by atoms with E-state index in [4.69, 9.17) is 0 Å². The molecule has 0 saturated carbocycles. The monoisotopic (exact) mass is 371 g/mol. The van der Waals surface area contributed by atoms with Crippen LogP contribution in [0.5, 0.6) is 5.75 Å². The van der Waals surface area contributed by atoms with Crippen molar-refractivity contribution >= 4 is 11.8 Å². The summed E-state index contributed by atoms with van der Waals surface area (Å²) < 4.78 is 40.5. The Balaban J connectivity index is 1.73. The second-order valence-corrected chi connectivity index (χ2v) is 6.54. The zero-order valence-corrected chi connectivity index (χ0v) is 14.3. The third-order valence-corrected chi connectivity index (χ3v) is 4.63. The highest BCUT2D eigenvalue weighted by Gasteiger charge is 2.37. The molecule has 0 radical (unpaired) electrons. The molecule has 2 bridgehead atoms. The van der Waals surface area contributed by atoms with Crippen molar-refractivity contribution in [2.45, 2.75) is 19.3 Å². The topological polar surface area (TPSA) is 61.9 Å². The first kappa shape index (κ1) is 18.5. The molecule has 9 heteroatoms. The molecule has 0 aromatic heterocycles. The number of rotatable bonds is 3. The smallest absolute Gasteiger partial charge is 0.406 e. The van der Waals surface area contributed by atoms with Crippen LogP contribution >= 0.6 is 0 Å². The molecular formula is C17H20F3N3O3. The predicted octanol–water partition coefficient (Wildman–Crippen LogP) is 1.48. The number of likely N-dealkylation sites (N-methyl/N-ethyl adjacent to an activating group) is 1. The van der Waals surface area contributed by atoms with Crippen LogP contribution in [0.3, 0.4) is 0 Å². The molecule has 2 amide bonds. The molecular weight excluding hydrogens is 351 g/mol. The summed E-state index contributed by atoms with van der Waals surface area (Å²) in [7, 11) is 0. The van der Waals surface area contributed by atoms with Gasteiger partial charge >= 0.3 is 6.36 Å². The molecule has 2 fully saturated rings. The fourth-order valence-corrected chi connectivity index (χ4v) is 3.40. The van der Waals surface area contributed by atoms with Gasteiger partial charge in [-0.2, -0.15) is 0 Å². The van der Waals surface area contributed by atoms with E-state index in [-0.39, 0.29) is 35.1 Å². The van der Waals surface area contributed by atoms with E-state index in [9.17, 15) is 22.8 Å². The second kappa shape index (κ2) is 7.14. The molecule has 26 heavy (non-hydrogen) atoms. The number of halogens is 3. The maximum absolute atomic E-state index is 12.7. The molecule has 6 nitrogen and oxygen atoms in total. The molecule has 2 atom stereocenters. The number of ether oxygens (including phenoxy) is 1. The van der Waals surface area contributed by atoms with Crippen LogP contribution in [-0.2, 0) is 4.79 Å². The second-order valence-electron chi connectivity index (χ2n) is 6.54. The normalized spacial score (nSPS) is 24.0. The molecule has 2 aliphatic heterocycles. The van der Waals surface area contributed by atoms with E-state index in [1.807, 2.05) is 6.92 Å². The maximum Gasteiger partial charge on any atom is 0.573 e. The predicted molar refractivity (Wildman–Crippen MR) is 86.6 cm³/mol. The Bertz CT molecular complexity index is 678. The van der Waals surface area contributed by atoms with Gasteiger partial charge in [0.1, 0.15) is 5.75 Å². The summed E-state index contributed by atoms with van der Waals surface area (Å²) in [6, 6.07) is 4.67. The minimum absolute atomic E-state index is 0.0600. The SMILES string of the molecule is CCN1C[C@H]2CN(C(=O)c3ccc(OC(F)(F)F)cc3)C[C@@H](C1)C(=O)N2. The molecule has 2 aliphatic rings. The lowest BCUT2D eigenvalue weighted by molar-refractivity contribution is -0.274. The quantitative estimate of drug-likeness (QED) is 0.874. The summed E-state index contributed by atoms with van der Waals surface area (Å²) in [6.45, 7) is 4.77. The van der Waals surface area contributed by atoms with E-state index in [0.29, 0.717) is 26.2 Å². The molecule has 3 rings (SSSR count). The minimum atomic E-state index is -4.77. The standard InChI is InChI=1S/C17H20F3N3O3/c1-2-22-7-12-8-23(10-13(9-22)21-15(12)24)16(25)11-3-5-14(6-4-11)26-17(18,19)20/h3-6,12-13H,2,7-10H2,1H3,(H,21,24)/t12-,13+/m1/s1. The average molecular weight is 371 g/mol. The first-order chi connectivity index (χ1) is 12.2. The zero-order chi connectivity index (χ0) is 18.9. The van der Waals surface area contributed by atoms with E-state index in [2.05, 4.69) is 15.0 Å². The Labute approximate surface area is 148 Å². The number of carbonyl (C=O) groups excluding carboxylic acids is 2. The summed E-state index contributed by atoms with van der Waals surface area (Å²) in [4.78, 5) is 28.8. The number of alkyl halides is 3. The highest BCUT2D eigenvalue weighted by Crippen LogP contribution is 2.24. The fraction of sp³-hybridized carbons (Fsp3) is 0.529. The van der Waals surface area contributed by atoms with Gasteiger partial charge in [-0.25, -0.2) is 0 Å². The maximum atomic E-state index is 12.7. The molecule has 2 heterocycles. The fourth-order valence-electron chi connectivity index (χ4n) is 3.40. The van der Waals surface area contributed by atoms with Gasteiger partial charge in [-0.15, -0.1) is 13.2 Å². The Morgan fingerprint density at radius 1 is 1.19 bits per heavy atom. The highest BCUT2D eigenvalue weighted by molar-refractivity contribution is 5.95. The van der Waals surface area contributed by atoms with E-state index in [0.717, 1.165) is 18.7 Å². The van der Waals surface area contributed by atoms with Crippen LogP contribution in [0.1, 0.15) is 17.3 Å². The van der Waals surface area contributed by atoms with E-state index in [1.54, 1.807) is 4.90 Å². The van der Waals surface area contributed by atoms with Gasteiger partial charge in [-0.05, 0) is 30.8 Å². The lowest BCUT2D eigenvalue weighted by Gasteiger charge is -2.32. The van der Waals surface area contributed by atoms with Crippen molar-refractivity contribution in [1.29, 1.82) is 0 Å². The van der Waals surface area contributed by atoms with Crippen LogP contribution in [0.15, 0.2) is 24.3 Å². The van der Waals surface area contributed by atoms with Crippen LogP contribution in [0, 0.1) is 5.92 Å². The van der Waals surface area contributed by atoms with Gasteiger partial charge in [0.15, 0.2) is 0 Å². The molecule has 1 N–H and O–H groups in total. The third kappa shape index (κ3) is 4.27. The van der Waals surface area contributed by atoms with Crippen molar-refractivity contribution in [3.8, 4) is 5.75 Å². The van der Waals surface area contributed by atoms with E-state index in [1.165, 1.54) is 12.1 Å². The van der Waals surface area contributed by atoms with Gasteiger partial charge < -0.3 is 19.9 Å². The first-order valence-corrected chi connectivity index (χ1v) is 8.43. The van der Waals surface area contributed by atoms with Gasteiger partial charge in [-0.1, -0.05) is 6.92 Å². The summed E-state index contributed by atoms with van der Waals surface area (Å²) in [6.07, 6.45) is -4.77. The van der Waals surface area contributed by atoms with Crippen LogP contribution in [0.4, 0.5) is 13.2 Å². The van der Waals surface area contributed by atoms with Crippen molar-refractivity contribution in [3.63, 3.8) is 0 Å². The lowest BCUT2D eigenvalue weighted by atomic mass is 10.1. The van der Waals surface area contributed by atoms with Gasteiger partial charge in [0, 0.05) is 31.7 Å². The van der Waals surface area contributed by atoms with Gasteiger partial charge in [0.05, 0.1) is 12.0 Å². The number of amides is 2. The Morgan fingerprint density at radius 2 is 1.88 bits per heavy atom. The third-order valence-electron chi connectivity index (χ3n) is 4.63. The van der Waals surface area contributed by atoms with Crippen LogP contribution in [0.2, 0.25) is 0 Å². The molecule has 1 aromatic rings. The summed E-state index contributed by atoms with van der Waals surface area (Å²) in [5, 5.41) is 2.96. The first-order valence-electron chi connectivity index (χ1n) is 8.43. The highest BCUT2D eigenvalue weighted by atomic mass is 19.4. The van der Waals surface area contributed by atoms with E-state index >= 15 is 0 Å². The van der Waals surface area contributed by atoms with Crippen molar-refractivity contribution in [3.05, 3.63) is 29.8 Å². The number of benzene rings is 1. The van der Waals surface area contributed by atoms with Crippen molar-refractivity contribution in [2.75, 3.05) is 32.7 Å². The molecule has 0 aliphatic carbocycles. The van der Waals surface area contributed by atoms with Gasteiger partial charge in [0.25, 0.3) is 5.91 Å². The molecule has 2 saturated heterocycles. The van der Waals surface area contributed by atoms with Crippen molar-refractivity contribution in [2.24, 2.45) is 5.92 Å². The molecule has 0 spiro atoms. The number of fused-ring (bicyclic) bond motifs is 3. The summed E-state index contributed by atoms with van der Waals surface area (Å²) >= 11 is 0. The minimum Gasteiger partial charge on any atom is -0.406 e. The summed E-state index contributed by atoms with van der Waals surface area (Å²) in [5.41, 5.74) is 0.263. The van der Waals surface area contributed by atoms with Crippen molar-refractivity contribution < 1.29 is 27.5 Å². The number of nitrogens with one attached hydrogen (secondary N) is 1. The largest absolute Gasteiger partial charge is 0.573 e. The van der Waals surface area contributed by atoms with Gasteiger partial charge in [-0.3, -0.25) is 9.59 Å². The Kier molecular flexibility index (Phi) is 5.08. The Morgan fingerprint density at radius 3 is 2.50 bits per heavy atom. The number of carbonyl (C=O) groups is 2. The zero-order valence-electron chi connectivity index (χ0n) is 14.3. The Hall–Kier alpha value is -2.29. The molecule has 142 valence electrons. The average Bonchev–Trinajstić information content (AvgIpc) is 2.79. The van der Waals surface area contributed by atoms with Crippen LogP contribution < -0.4 is 10.1 Å². The summed E-state index contributed by atoms with van der Waals surface area (Å²) in [5.74, 6) is -1.06. The molecule has 1 aromatic carbocycles. The van der Waals surface area contributed by atoms with Crippen LogP contribution in [0.25, 0.3) is 0 Å². The van der Waals surface area contributed by atoms with Crippen molar-refractivity contribution in [1.82, 2.24) is 15.1 Å². The lowest BCUT2D eigenvalue weighted by Crippen LogP contribution is -2.49. The number of hydrogen-bond donors (Lipinski definition) is 1. The number of hydrogen-bond acceptors (Lipinski definition) is 4. The molecule has 0 unspecified atom stereocenters.